The Morgan fingerprint density at radius 1 is 1.33 bits per heavy atom. The van der Waals surface area contributed by atoms with Gasteiger partial charge >= 0.3 is 0 Å². The van der Waals surface area contributed by atoms with E-state index in [1.807, 2.05) is 19.1 Å². The molecule has 0 saturated heterocycles. The van der Waals surface area contributed by atoms with Crippen molar-refractivity contribution in [1.82, 2.24) is 15.0 Å². The standard InChI is InChI=1S/C10H11N5/c1-7-8(3-2-4-13-7)14-10-6-12-5-9(11)15-10/h2-6H,1H3,(H3,11,14,15). The Bertz CT molecular complexity index is 469. The number of hydrogen-bond acceptors (Lipinski definition) is 5. The van der Waals surface area contributed by atoms with Crippen LogP contribution in [0.5, 0.6) is 0 Å². The molecule has 0 aliphatic heterocycles. The molecule has 0 bridgehead atoms. The molecular weight excluding hydrogens is 190 g/mol. The Labute approximate surface area is 87.4 Å². The van der Waals surface area contributed by atoms with Gasteiger partial charge in [0.2, 0.25) is 0 Å². The van der Waals surface area contributed by atoms with Crippen molar-refractivity contribution in [3.63, 3.8) is 0 Å². The second-order valence-corrected chi connectivity index (χ2v) is 3.09. The third kappa shape index (κ3) is 2.19. The summed E-state index contributed by atoms with van der Waals surface area (Å²) < 4.78 is 0. The lowest BCUT2D eigenvalue weighted by Crippen LogP contribution is -1.99. The topological polar surface area (TPSA) is 76.7 Å². The minimum Gasteiger partial charge on any atom is -0.382 e. The van der Waals surface area contributed by atoms with Crippen molar-refractivity contribution in [2.75, 3.05) is 11.1 Å². The van der Waals surface area contributed by atoms with Crippen LogP contribution >= 0.6 is 0 Å². The van der Waals surface area contributed by atoms with E-state index in [1.165, 1.54) is 6.20 Å². The number of aryl methyl sites for hydroxylation is 1. The van der Waals surface area contributed by atoms with Crippen LogP contribution in [0.3, 0.4) is 0 Å². The highest BCUT2D eigenvalue weighted by molar-refractivity contribution is 5.58. The molecule has 0 unspecified atom stereocenters. The zero-order valence-corrected chi connectivity index (χ0v) is 8.31. The van der Waals surface area contributed by atoms with Crippen LogP contribution in [0, 0.1) is 6.92 Å². The fourth-order valence-electron chi connectivity index (χ4n) is 1.20. The summed E-state index contributed by atoms with van der Waals surface area (Å²) >= 11 is 0. The summed E-state index contributed by atoms with van der Waals surface area (Å²) in [6.45, 7) is 1.92. The largest absolute Gasteiger partial charge is 0.382 e. The van der Waals surface area contributed by atoms with Gasteiger partial charge in [0.15, 0.2) is 5.82 Å². The quantitative estimate of drug-likeness (QED) is 0.770. The lowest BCUT2D eigenvalue weighted by molar-refractivity contribution is 1.17. The summed E-state index contributed by atoms with van der Waals surface area (Å²) in [7, 11) is 0. The Morgan fingerprint density at radius 3 is 2.93 bits per heavy atom. The molecule has 0 spiro atoms. The van der Waals surface area contributed by atoms with Gasteiger partial charge in [0, 0.05) is 6.20 Å². The second kappa shape index (κ2) is 3.91. The molecular formula is C10H11N5. The maximum Gasteiger partial charge on any atom is 0.151 e. The van der Waals surface area contributed by atoms with Crippen LogP contribution < -0.4 is 11.1 Å². The van der Waals surface area contributed by atoms with Crippen LogP contribution in [0.2, 0.25) is 0 Å². The van der Waals surface area contributed by atoms with Gasteiger partial charge in [-0.25, -0.2) is 4.98 Å². The molecule has 76 valence electrons. The molecule has 15 heavy (non-hydrogen) atoms. The zero-order valence-electron chi connectivity index (χ0n) is 8.31. The van der Waals surface area contributed by atoms with Crippen LogP contribution in [0.15, 0.2) is 30.7 Å². The van der Waals surface area contributed by atoms with Gasteiger partial charge in [-0.2, -0.15) is 0 Å². The van der Waals surface area contributed by atoms with Gasteiger partial charge < -0.3 is 11.1 Å². The predicted octanol–water partition coefficient (Wildman–Crippen LogP) is 1.51. The van der Waals surface area contributed by atoms with E-state index in [4.69, 9.17) is 5.73 Å². The molecule has 0 aromatic carbocycles. The minimum atomic E-state index is 0.390. The highest BCUT2D eigenvalue weighted by atomic mass is 15.0. The first-order valence-corrected chi connectivity index (χ1v) is 4.52. The van der Waals surface area contributed by atoms with E-state index < -0.39 is 0 Å². The molecule has 0 radical (unpaired) electrons. The molecule has 3 N–H and O–H groups in total. The average molecular weight is 201 g/mol. The molecule has 0 amide bonds. The Kier molecular flexibility index (Phi) is 2.45. The maximum absolute atomic E-state index is 5.52. The van der Waals surface area contributed by atoms with E-state index in [-0.39, 0.29) is 0 Å². The van der Waals surface area contributed by atoms with E-state index in [1.54, 1.807) is 12.4 Å². The summed E-state index contributed by atoms with van der Waals surface area (Å²) in [5.74, 6) is 1.01. The first-order chi connectivity index (χ1) is 7.25. The molecule has 0 aliphatic carbocycles. The van der Waals surface area contributed by atoms with Crippen molar-refractivity contribution in [3.8, 4) is 0 Å². The number of hydrogen-bond donors (Lipinski definition) is 2. The van der Waals surface area contributed by atoms with Crippen molar-refractivity contribution in [2.24, 2.45) is 0 Å². The van der Waals surface area contributed by atoms with Crippen LogP contribution in [0.1, 0.15) is 5.69 Å². The van der Waals surface area contributed by atoms with E-state index >= 15 is 0 Å². The molecule has 2 heterocycles. The molecule has 0 aliphatic rings. The van der Waals surface area contributed by atoms with Crippen molar-refractivity contribution in [1.29, 1.82) is 0 Å². The summed E-state index contributed by atoms with van der Waals surface area (Å²) in [6, 6.07) is 3.78. The van der Waals surface area contributed by atoms with Crippen LogP contribution in [0.4, 0.5) is 17.3 Å². The summed E-state index contributed by atoms with van der Waals surface area (Å²) in [5, 5.41) is 3.10. The van der Waals surface area contributed by atoms with Crippen molar-refractivity contribution >= 4 is 17.3 Å². The van der Waals surface area contributed by atoms with Gasteiger partial charge in [-0.3, -0.25) is 9.97 Å². The molecule has 2 aromatic heterocycles. The Balaban J connectivity index is 2.26. The average Bonchev–Trinajstić information content (AvgIpc) is 2.22. The number of nitrogens with two attached hydrogens (primary N) is 1. The van der Waals surface area contributed by atoms with Crippen molar-refractivity contribution in [2.45, 2.75) is 6.92 Å². The Hall–Kier alpha value is -2.17. The molecule has 0 saturated carbocycles. The van der Waals surface area contributed by atoms with Crippen molar-refractivity contribution < 1.29 is 0 Å². The zero-order chi connectivity index (χ0) is 10.7. The fraction of sp³-hybridized carbons (Fsp3) is 0.100. The monoisotopic (exact) mass is 201 g/mol. The van der Waals surface area contributed by atoms with E-state index in [0.717, 1.165) is 11.4 Å². The number of rotatable bonds is 2. The molecule has 2 aromatic rings. The minimum absolute atomic E-state index is 0.390. The summed E-state index contributed by atoms with van der Waals surface area (Å²) in [5.41, 5.74) is 7.33. The summed E-state index contributed by atoms with van der Waals surface area (Å²) in [4.78, 5) is 12.2. The highest BCUT2D eigenvalue weighted by Crippen LogP contribution is 2.16. The van der Waals surface area contributed by atoms with Crippen LogP contribution in [-0.4, -0.2) is 15.0 Å². The Morgan fingerprint density at radius 2 is 2.20 bits per heavy atom. The fourth-order valence-corrected chi connectivity index (χ4v) is 1.20. The SMILES string of the molecule is Cc1ncccc1Nc1cncc(N)n1. The number of nitrogens with zero attached hydrogens (tertiary/aromatic N) is 3. The van der Waals surface area contributed by atoms with Crippen LogP contribution in [-0.2, 0) is 0 Å². The maximum atomic E-state index is 5.52. The number of nitrogen functional groups attached to an aromatic ring is 1. The third-order valence-corrected chi connectivity index (χ3v) is 1.92. The van der Waals surface area contributed by atoms with Crippen LogP contribution in [0.25, 0.3) is 0 Å². The van der Waals surface area contributed by atoms with Gasteiger partial charge in [-0.15, -0.1) is 0 Å². The van der Waals surface area contributed by atoms with Gasteiger partial charge in [0.05, 0.1) is 23.8 Å². The first-order valence-electron chi connectivity index (χ1n) is 4.52. The second-order valence-electron chi connectivity index (χ2n) is 3.09. The molecule has 0 atom stereocenters. The number of aromatic nitrogens is 3. The van der Waals surface area contributed by atoms with Gasteiger partial charge in [0.25, 0.3) is 0 Å². The van der Waals surface area contributed by atoms with Gasteiger partial charge in [-0.05, 0) is 19.1 Å². The van der Waals surface area contributed by atoms with Gasteiger partial charge in [0.1, 0.15) is 5.82 Å². The lowest BCUT2D eigenvalue weighted by Gasteiger charge is -2.07. The molecule has 0 fully saturated rings. The molecule has 5 heteroatoms. The smallest absolute Gasteiger partial charge is 0.151 e. The number of anilines is 3. The van der Waals surface area contributed by atoms with E-state index in [9.17, 15) is 0 Å². The first kappa shape index (κ1) is 9.39. The lowest BCUT2D eigenvalue weighted by atomic mass is 10.3. The predicted molar refractivity (Wildman–Crippen MR) is 58.7 cm³/mol. The highest BCUT2D eigenvalue weighted by Gasteiger charge is 2.00. The number of nitrogens with one attached hydrogen (secondary N) is 1. The van der Waals surface area contributed by atoms with E-state index in [0.29, 0.717) is 11.6 Å². The summed E-state index contributed by atoms with van der Waals surface area (Å²) in [6.07, 6.45) is 4.86. The molecule has 5 nitrogen and oxygen atoms in total. The van der Waals surface area contributed by atoms with Gasteiger partial charge in [-0.1, -0.05) is 0 Å². The van der Waals surface area contributed by atoms with Crippen molar-refractivity contribution in [3.05, 3.63) is 36.4 Å². The van der Waals surface area contributed by atoms with E-state index in [2.05, 4.69) is 20.3 Å². The molecule has 2 rings (SSSR count). The number of pyridine rings is 1. The third-order valence-electron chi connectivity index (χ3n) is 1.92. The normalized spacial score (nSPS) is 9.93.